The fraction of sp³-hybridized carbons (Fsp3) is 0.250. The summed E-state index contributed by atoms with van der Waals surface area (Å²) in [6.45, 7) is 4.44. The average molecular weight is 419 g/mol. The number of benzene rings is 2. The minimum Gasteiger partial charge on any atom is -0.306 e. The first-order valence-electron chi connectivity index (χ1n) is 6.59. The van der Waals surface area contributed by atoms with Gasteiger partial charge in [0.2, 0.25) is 0 Å². The lowest BCUT2D eigenvalue weighted by Crippen LogP contribution is -2.25. The number of hydrogen-bond acceptors (Lipinski definition) is 1. The molecule has 0 spiro atoms. The zero-order valence-electron chi connectivity index (χ0n) is 11.7. The van der Waals surface area contributed by atoms with Crippen LogP contribution in [0.5, 0.6) is 0 Å². The third-order valence-corrected chi connectivity index (χ3v) is 4.87. The Hall–Kier alpha value is -0.780. The number of halogens is 4. The molecule has 0 amide bonds. The highest BCUT2D eigenvalue weighted by Crippen LogP contribution is 2.34. The first-order chi connectivity index (χ1) is 9.97. The van der Waals surface area contributed by atoms with Gasteiger partial charge in [-0.25, -0.2) is 8.78 Å². The molecule has 0 fully saturated rings. The molecule has 0 saturated heterocycles. The molecule has 0 saturated carbocycles. The van der Waals surface area contributed by atoms with Crippen LogP contribution in [0.2, 0.25) is 0 Å². The molecule has 1 N–H and O–H groups in total. The van der Waals surface area contributed by atoms with Crippen LogP contribution in [0.1, 0.15) is 29.7 Å². The van der Waals surface area contributed by atoms with E-state index in [0.717, 1.165) is 15.6 Å². The first-order valence-corrected chi connectivity index (χ1v) is 8.17. The van der Waals surface area contributed by atoms with Gasteiger partial charge in [0.1, 0.15) is 11.6 Å². The van der Waals surface area contributed by atoms with E-state index in [1.54, 1.807) is 0 Å². The van der Waals surface area contributed by atoms with Crippen molar-refractivity contribution in [3.8, 4) is 0 Å². The number of hydrogen-bond donors (Lipinski definition) is 1. The van der Waals surface area contributed by atoms with Crippen molar-refractivity contribution in [3.05, 3.63) is 67.6 Å². The Bertz CT molecular complexity index is 659. The smallest absolute Gasteiger partial charge is 0.145 e. The summed E-state index contributed by atoms with van der Waals surface area (Å²) in [6, 6.07) is 7.78. The Morgan fingerprint density at radius 3 is 2.48 bits per heavy atom. The molecular weight excluding hydrogens is 404 g/mol. The zero-order valence-corrected chi connectivity index (χ0v) is 14.9. The second-order valence-corrected chi connectivity index (χ2v) is 6.41. The fourth-order valence-electron chi connectivity index (χ4n) is 2.32. The normalized spacial score (nSPS) is 12.5. The van der Waals surface area contributed by atoms with Crippen molar-refractivity contribution in [2.45, 2.75) is 19.9 Å². The number of rotatable bonds is 4. The van der Waals surface area contributed by atoms with Crippen molar-refractivity contribution < 1.29 is 8.78 Å². The Kier molecular flexibility index (Phi) is 5.52. The molecule has 0 radical (unpaired) electrons. The predicted molar refractivity (Wildman–Crippen MR) is 88.5 cm³/mol. The molecule has 2 rings (SSSR count). The maximum atomic E-state index is 14.4. The van der Waals surface area contributed by atoms with E-state index in [4.69, 9.17) is 0 Å². The molecular formula is C16H15Br2F2N. The van der Waals surface area contributed by atoms with E-state index in [0.29, 0.717) is 6.54 Å². The fourth-order valence-corrected chi connectivity index (χ4v) is 3.04. The van der Waals surface area contributed by atoms with Gasteiger partial charge in [-0.15, -0.1) is 0 Å². The SMILES string of the molecule is CCNC(c1cccc(Br)c1C)c1c(F)ccc(Br)c1F. The van der Waals surface area contributed by atoms with Gasteiger partial charge in [-0.05, 0) is 58.7 Å². The topological polar surface area (TPSA) is 12.0 Å². The van der Waals surface area contributed by atoms with E-state index < -0.39 is 17.7 Å². The second kappa shape index (κ2) is 6.99. The van der Waals surface area contributed by atoms with Crippen molar-refractivity contribution in [2.24, 2.45) is 0 Å². The van der Waals surface area contributed by atoms with E-state index in [2.05, 4.69) is 37.2 Å². The highest BCUT2D eigenvalue weighted by molar-refractivity contribution is 9.10. The van der Waals surface area contributed by atoms with Gasteiger partial charge in [0.15, 0.2) is 0 Å². The Morgan fingerprint density at radius 1 is 1.10 bits per heavy atom. The van der Waals surface area contributed by atoms with Crippen LogP contribution in [0.15, 0.2) is 39.3 Å². The summed E-state index contributed by atoms with van der Waals surface area (Å²) >= 11 is 6.59. The van der Waals surface area contributed by atoms with Gasteiger partial charge >= 0.3 is 0 Å². The lowest BCUT2D eigenvalue weighted by Gasteiger charge is -2.23. The molecule has 21 heavy (non-hydrogen) atoms. The summed E-state index contributed by atoms with van der Waals surface area (Å²) in [7, 11) is 0. The molecule has 0 aliphatic heterocycles. The van der Waals surface area contributed by atoms with Crippen LogP contribution in [0.4, 0.5) is 8.78 Å². The molecule has 1 unspecified atom stereocenters. The molecule has 2 aromatic carbocycles. The maximum absolute atomic E-state index is 14.4. The lowest BCUT2D eigenvalue weighted by atomic mass is 9.94. The minimum absolute atomic E-state index is 0.0347. The third-order valence-electron chi connectivity index (χ3n) is 3.40. The Balaban J connectivity index is 2.65. The molecule has 1 atom stereocenters. The molecule has 0 aromatic heterocycles. The van der Waals surface area contributed by atoms with Crippen LogP contribution in [0, 0.1) is 18.6 Å². The van der Waals surface area contributed by atoms with Gasteiger partial charge in [0.25, 0.3) is 0 Å². The van der Waals surface area contributed by atoms with Crippen molar-refractivity contribution >= 4 is 31.9 Å². The highest BCUT2D eigenvalue weighted by Gasteiger charge is 2.24. The zero-order chi connectivity index (χ0) is 15.6. The molecule has 112 valence electrons. The van der Waals surface area contributed by atoms with Crippen LogP contribution in [-0.4, -0.2) is 6.54 Å². The van der Waals surface area contributed by atoms with Crippen LogP contribution in [0.25, 0.3) is 0 Å². The van der Waals surface area contributed by atoms with Crippen LogP contribution < -0.4 is 5.32 Å². The second-order valence-electron chi connectivity index (χ2n) is 4.70. The van der Waals surface area contributed by atoms with Gasteiger partial charge in [-0.3, -0.25) is 0 Å². The van der Waals surface area contributed by atoms with Gasteiger partial charge < -0.3 is 5.32 Å². The standard InChI is InChI=1S/C16H15Br2F2N/c1-3-21-16(10-5-4-6-11(17)9(10)2)14-13(19)8-7-12(18)15(14)20/h4-8,16,21H,3H2,1-2H3. The summed E-state index contributed by atoms with van der Waals surface area (Å²) in [5.41, 5.74) is 1.84. The molecule has 0 bridgehead atoms. The molecule has 0 aliphatic rings. The maximum Gasteiger partial charge on any atom is 0.145 e. The summed E-state index contributed by atoms with van der Waals surface area (Å²) in [5.74, 6) is -1.12. The molecule has 0 aliphatic carbocycles. The monoisotopic (exact) mass is 417 g/mol. The molecule has 2 aromatic rings. The molecule has 0 heterocycles. The quantitative estimate of drug-likeness (QED) is 0.646. The van der Waals surface area contributed by atoms with Gasteiger partial charge in [-0.2, -0.15) is 0 Å². The van der Waals surface area contributed by atoms with Crippen LogP contribution in [0.3, 0.4) is 0 Å². The highest BCUT2D eigenvalue weighted by atomic mass is 79.9. The van der Waals surface area contributed by atoms with Gasteiger partial charge in [0.05, 0.1) is 10.5 Å². The van der Waals surface area contributed by atoms with Crippen LogP contribution >= 0.6 is 31.9 Å². The van der Waals surface area contributed by atoms with Crippen LogP contribution in [-0.2, 0) is 0 Å². The summed E-state index contributed by atoms with van der Waals surface area (Å²) < 4.78 is 29.8. The van der Waals surface area contributed by atoms with E-state index in [-0.39, 0.29) is 10.0 Å². The van der Waals surface area contributed by atoms with E-state index >= 15 is 0 Å². The summed E-state index contributed by atoms with van der Waals surface area (Å²) in [5, 5.41) is 3.17. The molecule has 1 nitrogen and oxygen atoms in total. The summed E-state index contributed by atoms with van der Waals surface area (Å²) in [6.07, 6.45) is 0. The van der Waals surface area contributed by atoms with E-state index in [9.17, 15) is 8.78 Å². The number of nitrogens with one attached hydrogen (secondary N) is 1. The van der Waals surface area contributed by atoms with Crippen molar-refractivity contribution in [1.82, 2.24) is 5.32 Å². The first kappa shape index (κ1) is 16.6. The van der Waals surface area contributed by atoms with Crippen molar-refractivity contribution in [1.29, 1.82) is 0 Å². The van der Waals surface area contributed by atoms with Gasteiger partial charge in [-0.1, -0.05) is 35.0 Å². The minimum atomic E-state index is -0.569. The van der Waals surface area contributed by atoms with Crippen molar-refractivity contribution in [3.63, 3.8) is 0 Å². The van der Waals surface area contributed by atoms with E-state index in [1.807, 2.05) is 32.0 Å². The molecule has 5 heteroatoms. The largest absolute Gasteiger partial charge is 0.306 e. The van der Waals surface area contributed by atoms with E-state index in [1.165, 1.54) is 12.1 Å². The Labute approximate surface area is 140 Å². The van der Waals surface area contributed by atoms with Gasteiger partial charge in [0, 0.05) is 10.0 Å². The third kappa shape index (κ3) is 3.35. The lowest BCUT2D eigenvalue weighted by molar-refractivity contribution is 0.506. The predicted octanol–water partition coefficient (Wildman–Crippen LogP) is 5.50. The average Bonchev–Trinajstić information content (AvgIpc) is 2.45. The summed E-state index contributed by atoms with van der Waals surface area (Å²) in [4.78, 5) is 0. The Morgan fingerprint density at radius 2 is 1.81 bits per heavy atom. The van der Waals surface area contributed by atoms with Crippen molar-refractivity contribution in [2.75, 3.05) is 6.54 Å².